The average molecular weight is 293 g/mol. The van der Waals surface area contributed by atoms with Gasteiger partial charge in [0.1, 0.15) is 0 Å². The number of benzene rings is 1. The number of H-pyrrole nitrogens is 1. The highest BCUT2D eigenvalue weighted by molar-refractivity contribution is 7.99. The number of hydrogen-bond donors (Lipinski definition) is 1. The summed E-state index contributed by atoms with van der Waals surface area (Å²) in [6.45, 7) is 0. The fraction of sp³-hybridized carbons (Fsp3) is 0.0833. The van der Waals surface area contributed by atoms with Gasteiger partial charge in [-0.3, -0.25) is 0 Å². The lowest BCUT2D eigenvalue weighted by atomic mass is 10.3. The highest BCUT2D eigenvalue weighted by atomic mass is 35.5. The summed E-state index contributed by atoms with van der Waals surface area (Å²) in [7, 11) is 1.57. The molecule has 0 spiro atoms. The van der Waals surface area contributed by atoms with Gasteiger partial charge in [0.2, 0.25) is 5.88 Å². The van der Waals surface area contributed by atoms with E-state index in [9.17, 15) is 0 Å². The van der Waals surface area contributed by atoms with E-state index in [0.29, 0.717) is 21.2 Å². The van der Waals surface area contributed by atoms with Gasteiger partial charge in [-0.15, -0.1) is 0 Å². The molecule has 1 N–H and O–H groups in total. The molecule has 0 amide bonds. The van der Waals surface area contributed by atoms with E-state index in [1.54, 1.807) is 25.4 Å². The Morgan fingerprint density at radius 3 is 3.00 bits per heavy atom. The van der Waals surface area contributed by atoms with Crippen LogP contribution < -0.4 is 4.74 Å². The zero-order chi connectivity index (χ0) is 13.2. The molecule has 0 aliphatic rings. The van der Waals surface area contributed by atoms with E-state index in [1.807, 2.05) is 12.1 Å². The minimum Gasteiger partial charge on any atom is -0.481 e. The molecule has 2 aromatic heterocycles. The van der Waals surface area contributed by atoms with Gasteiger partial charge in [0.05, 0.1) is 18.1 Å². The summed E-state index contributed by atoms with van der Waals surface area (Å²) in [5.41, 5.74) is 1.74. The largest absolute Gasteiger partial charge is 0.481 e. The van der Waals surface area contributed by atoms with Crippen LogP contribution in [0.25, 0.3) is 11.0 Å². The number of nitrogens with one attached hydrogen (secondary N) is 1. The molecule has 0 radical (unpaired) electrons. The molecule has 0 aliphatic carbocycles. The third-order valence-corrected chi connectivity index (χ3v) is 3.43. The number of aromatic nitrogens is 4. The van der Waals surface area contributed by atoms with Crippen LogP contribution >= 0.6 is 23.4 Å². The number of halogens is 1. The molecule has 0 unspecified atom stereocenters. The number of methoxy groups -OCH3 is 1. The highest BCUT2D eigenvalue weighted by Crippen LogP contribution is 2.26. The maximum Gasteiger partial charge on any atom is 0.217 e. The van der Waals surface area contributed by atoms with Crippen LogP contribution in [-0.2, 0) is 0 Å². The lowest BCUT2D eigenvalue weighted by Gasteiger charge is -1.99. The van der Waals surface area contributed by atoms with Gasteiger partial charge in [0.15, 0.2) is 10.3 Å². The number of nitrogens with zero attached hydrogens (tertiary/aromatic N) is 3. The molecule has 0 atom stereocenters. The van der Waals surface area contributed by atoms with E-state index >= 15 is 0 Å². The highest BCUT2D eigenvalue weighted by Gasteiger charge is 2.07. The lowest BCUT2D eigenvalue weighted by Crippen LogP contribution is -1.91. The van der Waals surface area contributed by atoms with Gasteiger partial charge in [-0.05, 0) is 30.0 Å². The molecule has 1 aromatic carbocycles. The predicted octanol–water partition coefficient (Wildman–Crippen LogP) is 3.17. The molecular formula is C12H9ClN4OS. The van der Waals surface area contributed by atoms with Crippen LogP contribution in [0.5, 0.6) is 5.88 Å². The maximum absolute atomic E-state index is 5.93. The topological polar surface area (TPSA) is 63.7 Å². The summed E-state index contributed by atoms with van der Waals surface area (Å²) in [6.07, 6.45) is 1.65. The van der Waals surface area contributed by atoms with Crippen molar-refractivity contribution in [3.05, 3.63) is 35.5 Å². The van der Waals surface area contributed by atoms with Gasteiger partial charge in [-0.1, -0.05) is 11.6 Å². The summed E-state index contributed by atoms with van der Waals surface area (Å²) >= 11 is 7.27. The van der Waals surface area contributed by atoms with Crippen molar-refractivity contribution in [3.8, 4) is 5.88 Å². The summed E-state index contributed by atoms with van der Waals surface area (Å²) in [5.74, 6) is 0.525. The number of rotatable bonds is 3. The number of aromatic amines is 1. The van der Waals surface area contributed by atoms with Gasteiger partial charge in [0.25, 0.3) is 0 Å². The molecule has 0 saturated carbocycles. The van der Waals surface area contributed by atoms with Gasteiger partial charge < -0.3 is 9.72 Å². The predicted molar refractivity (Wildman–Crippen MR) is 73.8 cm³/mol. The van der Waals surface area contributed by atoms with Crippen LogP contribution in [0, 0.1) is 0 Å². The van der Waals surface area contributed by atoms with Gasteiger partial charge in [-0.25, -0.2) is 9.97 Å². The average Bonchev–Trinajstić information content (AvgIpc) is 2.80. The molecule has 19 heavy (non-hydrogen) atoms. The molecule has 5 nitrogen and oxygen atoms in total. The quantitative estimate of drug-likeness (QED) is 0.751. The van der Waals surface area contributed by atoms with Crippen LogP contribution in [-0.4, -0.2) is 27.0 Å². The monoisotopic (exact) mass is 292 g/mol. The number of imidazole rings is 1. The van der Waals surface area contributed by atoms with Crippen molar-refractivity contribution in [2.75, 3.05) is 7.11 Å². The Bertz CT molecular complexity index is 731. The first-order chi connectivity index (χ1) is 9.24. The molecule has 0 saturated heterocycles. The SMILES string of the molecule is COc1ccnc(Sc2nc3ccc(Cl)cc3[nH]2)n1. The van der Waals surface area contributed by atoms with Crippen molar-refractivity contribution in [1.29, 1.82) is 0 Å². The molecule has 96 valence electrons. The number of hydrogen-bond acceptors (Lipinski definition) is 5. The first-order valence-electron chi connectivity index (χ1n) is 5.45. The summed E-state index contributed by atoms with van der Waals surface area (Å²) < 4.78 is 5.05. The summed E-state index contributed by atoms with van der Waals surface area (Å²) in [5, 5.41) is 1.96. The second-order valence-corrected chi connectivity index (χ2v) is 5.08. The molecule has 3 rings (SSSR count). The van der Waals surface area contributed by atoms with Crippen molar-refractivity contribution in [3.63, 3.8) is 0 Å². The minimum absolute atomic E-state index is 0.525. The van der Waals surface area contributed by atoms with Gasteiger partial charge in [-0.2, -0.15) is 4.98 Å². The molecule has 0 bridgehead atoms. The smallest absolute Gasteiger partial charge is 0.217 e. The van der Waals surface area contributed by atoms with Crippen molar-refractivity contribution >= 4 is 34.4 Å². The molecule has 3 aromatic rings. The molecule has 0 aliphatic heterocycles. The van der Waals surface area contributed by atoms with Crippen LogP contribution in [0.2, 0.25) is 5.02 Å². The third-order valence-electron chi connectivity index (χ3n) is 2.43. The summed E-state index contributed by atoms with van der Waals surface area (Å²) in [4.78, 5) is 16.0. The number of fused-ring (bicyclic) bond motifs is 1. The van der Waals surface area contributed by atoms with Crippen LogP contribution in [0.1, 0.15) is 0 Å². The van der Waals surface area contributed by atoms with Crippen LogP contribution in [0.15, 0.2) is 40.8 Å². The lowest BCUT2D eigenvalue weighted by molar-refractivity contribution is 0.392. The fourth-order valence-corrected chi connectivity index (χ4v) is 2.48. The van der Waals surface area contributed by atoms with Crippen molar-refractivity contribution in [2.45, 2.75) is 10.3 Å². The van der Waals surface area contributed by atoms with E-state index in [0.717, 1.165) is 11.0 Å². The van der Waals surface area contributed by atoms with Gasteiger partial charge in [0, 0.05) is 17.3 Å². The Hall–Kier alpha value is -1.79. The second kappa shape index (κ2) is 5.07. The van der Waals surface area contributed by atoms with Crippen molar-refractivity contribution in [2.24, 2.45) is 0 Å². The number of ether oxygens (including phenoxy) is 1. The third kappa shape index (κ3) is 2.64. The van der Waals surface area contributed by atoms with E-state index < -0.39 is 0 Å². The van der Waals surface area contributed by atoms with E-state index in [4.69, 9.17) is 16.3 Å². The Morgan fingerprint density at radius 1 is 1.26 bits per heavy atom. The second-order valence-electron chi connectivity index (χ2n) is 3.69. The molecule has 0 fully saturated rings. The fourth-order valence-electron chi connectivity index (χ4n) is 1.58. The zero-order valence-electron chi connectivity index (χ0n) is 9.92. The zero-order valence-corrected chi connectivity index (χ0v) is 11.5. The van der Waals surface area contributed by atoms with E-state index in [1.165, 1.54) is 11.8 Å². The Balaban J connectivity index is 1.92. The molecular weight excluding hydrogens is 284 g/mol. The van der Waals surface area contributed by atoms with Crippen molar-refractivity contribution < 1.29 is 4.74 Å². The van der Waals surface area contributed by atoms with Gasteiger partial charge >= 0.3 is 0 Å². The Labute approximate surface area is 118 Å². The Kier molecular flexibility index (Phi) is 3.27. The van der Waals surface area contributed by atoms with Crippen LogP contribution in [0.4, 0.5) is 0 Å². The standard InChI is InChI=1S/C12H9ClN4OS/c1-18-10-4-5-14-11(17-10)19-12-15-8-3-2-7(13)6-9(8)16-12/h2-6H,1H3,(H,15,16). The molecule has 2 heterocycles. The van der Waals surface area contributed by atoms with Crippen LogP contribution in [0.3, 0.4) is 0 Å². The summed E-state index contributed by atoms with van der Waals surface area (Å²) in [6, 6.07) is 7.20. The first kappa shape index (κ1) is 12.3. The van der Waals surface area contributed by atoms with E-state index in [2.05, 4.69) is 19.9 Å². The van der Waals surface area contributed by atoms with E-state index in [-0.39, 0.29) is 0 Å². The van der Waals surface area contributed by atoms with Crippen molar-refractivity contribution in [1.82, 2.24) is 19.9 Å². The Morgan fingerprint density at radius 2 is 2.16 bits per heavy atom. The molecule has 7 heteroatoms. The normalized spacial score (nSPS) is 10.8. The maximum atomic E-state index is 5.93. The first-order valence-corrected chi connectivity index (χ1v) is 6.64. The minimum atomic E-state index is 0.525.